The minimum absolute atomic E-state index is 0.0191. The summed E-state index contributed by atoms with van der Waals surface area (Å²) in [5.41, 5.74) is 1.53. The molecule has 0 spiro atoms. The Morgan fingerprint density at radius 3 is 2.68 bits per heavy atom. The Morgan fingerprint density at radius 1 is 0.935 bits per heavy atom. The highest BCUT2D eigenvalue weighted by Crippen LogP contribution is 2.15. The SMILES string of the molecule is N#Cc1cccc(-n2c(=O)n(Cc3ccc4ccccc4n3)c(=O)c3cccnc32)c1. The summed E-state index contributed by atoms with van der Waals surface area (Å²) in [5, 5.41) is 10.5. The fourth-order valence-corrected chi connectivity index (χ4v) is 3.63. The number of fused-ring (bicyclic) bond motifs is 2. The highest BCUT2D eigenvalue weighted by atomic mass is 16.2. The average molecular weight is 405 g/mol. The van der Waals surface area contributed by atoms with Crippen LogP contribution in [0.4, 0.5) is 0 Å². The van der Waals surface area contributed by atoms with Crippen LogP contribution in [-0.2, 0) is 6.54 Å². The van der Waals surface area contributed by atoms with Gasteiger partial charge in [-0.3, -0.25) is 14.3 Å². The summed E-state index contributed by atoms with van der Waals surface area (Å²) in [6.07, 6.45) is 1.53. The fourth-order valence-electron chi connectivity index (χ4n) is 3.63. The van der Waals surface area contributed by atoms with Crippen molar-refractivity contribution in [3.63, 3.8) is 0 Å². The molecule has 0 fully saturated rings. The first-order valence-corrected chi connectivity index (χ1v) is 9.61. The minimum Gasteiger partial charge on any atom is -0.268 e. The van der Waals surface area contributed by atoms with Crippen molar-refractivity contribution >= 4 is 21.9 Å². The van der Waals surface area contributed by atoms with Crippen LogP contribution in [0.25, 0.3) is 27.6 Å². The van der Waals surface area contributed by atoms with Crippen LogP contribution in [0.3, 0.4) is 0 Å². The van der Waals surface area contributed by atoms with Crippen molar-refractivity contribution in [2.75, 3.05) is 0 Å². The maximum absolute atomic E-state index is 13.4. The summed E-state index contributed by atoms with van der Waals surface area (Å²) < 4.78 is 2.51. The zero-order chi connectivity index (χ0) is 21.4. The van der Waals surface area contributed by atoms with E-state index in [9.17, 15) is 14.9 Å². The predicted molar refractivity (Wildman–Crippen MR) is 117 cm³/mol. The van der Waals surface area contributed by atoms with Crippen LogP contribution in [0, 0.1) is 11.3 Å². The third kappa shape index (κ3) is 3.16. The molecule has 0 aliphatic rings. The Labute approximate surface area is 176 Å². The van der Waals surface area contributed by atoms with Crippen LogP contribution in [0.1, 0.15) is 11.3 Å². The second-order valence-corrected chi connectivity index (χ2v) is 7.04. The maximum atomic E-state index is 13.4. The lowest BCUT2D eigenvalue weighted by atomic mass is 10.2. The van der Waals surface area contributed by atoms with Gasteiger partial charge in [-0.05, 0) is 42.5 Å². The van der Waals surface area contributed by atoms with Gasteiger partial charge in [-0.15, -0.1) is 0 Å². The van der Waals surface area contributed by atoms with E-state index in [1.807, 2.05) is 36.4 Å². The van der Waals surface area contributed by atoms with E-state index in [4.69, 9.17) is 0 Å². The van der Waals surface area contributed by atoms with Gasteiger partial charge in [-0.1, -0.05) is 30.3 Å². The number of nitrogens with zero attached hydrogens (tertiary/aromatic N) is 5. The normalized spacial score (nSPS) is 10.9. The minimum atomic E-state index is -0.541. The maximum Gasteiger partial charge on any atom is 0.337 e. The van der Waals surface area contributed by atoms with Crippen LogP contribution >= 0.6 is 0 Å². The second kappa shape index (κ2) is 7.35. The van der Waals surface area contributed by atoms with E-state index in [0.29, 0.717) is 22.3 Å². The van der Waals surface area contributed by atoms with Gasteiger partial charge in [0, 0.05) is 11.6 Å². The first kappa shape index (κ1) is 18.5. The number of hydrogen-bond donors (Lipinski definition) is 0. The number of para-hydroxylation sites is 1. The van der Waals surface area contributed by atoms with Gasteiger partial charge < -0.3 is 0 Å². The van der Waals surface area contributed by atoms with Crippen LogP contribution in [-0.4, -0.2) is 19.1 Å². The second-order valence-electron chi connectivity index (χ2n) is 7.04. The molecule has 0 aliphatic carbocycles. The molecule has 0 amide bonds. The zero-order valence-electron chi connectivity index (χ0n) is 16.3. The molecule has 0 saturated carbocycles. The molecule has 0 radical (unpaired) electrons. The Hall–Kier alpha value is -4.57. The number of rotatable bonds is 3. The molecule has 0 aliphatic heterocycles. The van der Waals surface area contributed by atoms with Crippen LogP contribution in [0.5, 0.6) is 0 Å². The Morgan fingerprint density at radius 2 is 1.81 bits per heavy atom. The molecule has 5 aromatic rings. The molecule has 3 heterocycles. The van der Waals surface area contributed by atoms with Gasteiger partial charge in [-0.2, -0.15) is 5.26 Å². The lowest BCUT2D eigenvalue weighted by Gasteiger charge is -2.13. The Kier molecular flexibility index (Phi) is 4.38. The highest BCUT2D eigenvalue weighted by molar-refractivity contribution is 5.78. The third-order valence-corrected chi connectivity index (χ3v) is 5.11. The quantitative estimate of drug-likeness (QED) is 0.460. The van der Waals surface area contributed by atoms with E-state index in [2.05, 4.69) is 16.0 Å². The van der Waals surface area contributed by atoms with Crippen LogP contribution in [0.15, 0.2) is 88.6 Å². The molecule has 31 heavy (non-hydrogen) atoms. The molecule has 0 atom stereocenters. The van der Waals surface area contributed by atoms with Crippen molar-refractivity contribution in [3.8, 4) is 11.8 Å². The third-order valence-electron chi connectivity index (χ3n) is 5.11. The topological polar surface area (TPSA) is 93.6 Å². The molecule has 0 saturated heterocycles. The Bertz CT molecular complexity index is 1630. The monoisotopic (exact) mass is 405 g/mol. The first-order chi connectivity index (χ1) is 15.2. The first-order valence-electron chi connectivity index (χ1n) is 9.61. The molecule has 2 aromatic carbocycles. The molecule has 5 rings (SSSR count). The fraction of sp³-hybridized carbons (Fsp3) is 0.0417. The summed E-state index contributed by atoms with van der Waals surface area (Å²) in [4.78, 5) is 35.5. The van der Waals surface area contributed by atoms with Gasteiger partial charge >= 0.3 is 5.69 Å². The van der Waals surface area contributed by atoms with E-state index in [-0.39, 0.29) is 12.2 Å². The van der Waals surface area contributed by atoms with Crippen molar-refractivity contribution < 1.29 is 0 Å². The van der Waals surface area contributed by atoms with E-state index >= 15 is 0 Å². The van der Waals surface area contributed by atoms with Gasteiger partial charge in [0.05, 0.1) is 40.5 Å². The summed E-state index contributed by atoms with van der Waals surface area (Å²) in [7, 11) is 0. The Balaban J connectivity index is 1.76. The smallest absolute Gasteiger partial charge is 0.268 e. The number of nitriles is 1. The predicted octanol–water partition coefficient (Wildman–Crippen LogP) is 3.02. The molecule has 7 heteroatoms. The molecule has 7 nitrogen and oxygen atoms in total. The molecular weight excluding hydrogens is 390 g/mol. The average Bonchev–Trinajstić information content (AvgIpc) is 2.82. The van der Waals surface area contributed by atoms with Crippen molar-refractivity contribution in [2.24, 2.45) is 0 Å². The largest absolute Gasteiger partial charge is 0.337 e. The van der Waals surface area contributed by atoms with Crippen molar-refractivity contribution in [1.82, 2.24) is 19.1 Å². The zero-order valence-corrected chi connectivity index (χ0v) is 16.3. The van der Waals surface area contributed by atoms with Gasteiger partial charge in [0.1, 0.15) is 0 Å². The molecular formula is C24H15N5O2. The standard InChI is InChI=1S/C24H15N5O2/c25-14-16-5-3-7-19(13-16)29-22-20(8-4-12-26-22)23(30)28(24(29)31)15-18-11-10-17-6-1-2-9-21(17)27-18/h1-13H,15H2. The lowest BCUT2D eigenvalue weighted by Crippen LogP contribution is -2.40. The lowest BCUT2D eigenvalue weighted by molar-refractivity contribution is 0.672. The number of pyridine rings is 2. The van der Waals surface area contributed by atoms with Crippen molar-refractivity contribution in [2.45, 2.75) is 6.54 Å². The van der Waals surface area contributed by atoms with Gasteiger partial charge in [0.2, 0.25) is 0 Å². The molecule has 148 valence electrons. The van der Waals surface area contributed by atoms with Crippen molar-refractivity contribution in [1.29, 1.82) is 5.26 Å². The summed E-state index contributed by atoms with van der Waals surface area (Å²) >= 11 is 0. The van der Waals surface area contributed by atoms with E-state index in [1.54, 1.807) is 36.4 Å². The van der Waals surface area contributed by atoms with Gasteiger partial charge in [0.15, 0.2) is 5.65 Å². The summed E-state index contributed by atoms with van der Waals surface area (Å²) in [6, 6.07) is 23.4. The van der Waals surface area contributed by atoms with Gasteiger partial charge in [0.25, 0.3) is 5.56 Å². The molecule has 3 aromatic heterocycles. The van der Waals surface area contributed by atoms with E-state index in [1.165, 1.54) is 10.8 Å². The van der Waals surface area contributed by atoms with E-state index in [0.717, 1.165) is 15.5 Å². The molecule has 0 N–H and O–H groups in total. The van der Waals surface area contributed by atoms with E-state index < -0.39 is 11.2 Å². The van der Waals surface area contributed by atoms with Crippen LogP contribution in [0.2, 0.25) is 0 Å². The molecule has 0 unspecified atom stereocenters. The number of hydrogen-bond acceptors (Lipinski definition) is 5. The number of aromatic nitrogens is 4. The van der Waals surface area contributed by atoms with Crippen LogP contribution < -0.4 is 11.2 Å². The number of benzene rings is 2. The highest BCUT2D eigenvalue weighted by Gasteiger charge is 2.16. The summed E-state index contributed by atoms with van der Waals surface area (Å²) in [6.45, 7) is 0.0191. The van der Waals surface area contributed by atoms with Crippen molar-refractivity contribution in [3.05, 3.63) is 111 Å². The summed E-state index contributed by atoms with van der Waals surface area (Å²) in [5.74, 6) is 0. The van der Waals surface area contributed by atoms with Gasteiger partial charge in [-0.25, -0.2) is 14.3 Å². The molecule has 0 bridgehead atoms.